The Kier molecular flexibility index (Phi) is 2.31. The van der Waals surface area contributed by atoms with Crippen molar-refractivity contribution in [1.82, 2.24) is 25.3 Å². The van der Waals surface area contributed by atoms with Crippen LogP contribution < -0.4 is 0 Å². The Hall–Kier alpha value is -2.63. The Morgan fingerprint density at radius 3 is 2.71 bits per heavy atom. The first-order chi connectivity index (χ1) is 8.43. The predicted octanol–water partition coefficient (Wildman–Crippen LogP) is 1.59. The van der Waals surface area contributed by atoms with Crippen LogP contribution in [0, 0.1) is 0 Å². The van der Waals surface area contributed by atoms with E-state index in [2.05, 4.69) is 25.3 Å². The third kappa shape index (κ3) is 1.87. The van der Waals surface area contributed by atoms with E-state index in [-0.39, 0.29) is 0 Å². The van der Waals surface area contributed by atoms with Crippen molar-refractivity contribution < 1.29 is 4.52 Å². The summed E-state index contributed by atoms with van der Waals surface area (Å²) in [5.74, 6) is 0.920. The van der Waals surface area contributed by atoms with Gasteiger partial charge in [-0.25, -0.2) is 0 Å². The van der Waals surface area contributed by atoms with E-state index in [9.17, 15) is 0 Å². The van der Waals surface area contributed by atoms with Gasteiger partial charge in [-0.3, -0.25) is 4.98 Å². The predicted molar refractivity (Wildman–Crippen MR) is 58.6 cm³/mol. The molecule has 0 unspecified atom stereocenters. The summed E-state index contributed by atoms with van der Waals surface area (Å²) in [6.45, 7) is 0. The highest BCUT2D eigenvalue weighted by Gasteiger charge is 2.10. The molecule has 3 rings (SSSR count). The number of hydrogen-bond acceptors (Lipinski definition) is 6. The summed E-state index contributed by atoms with van der Waals surface area (Å²) in [5.41, 5.74) is 1.55. The van der Waals surface area contributed by atoms with Crippen molar-refractivity contribution >= 4 is 0 Å². The lowest BCUT2D eigenvalue weighted by atomic mass is 10.3. The van der Waals surface area contributed by atoms with Gasteiger partial charge in [0, 0.05) is 18.0 Å². The molecule has 0 bridgehead atoms. The average molecular weight is 225 g/mol. The third-order valence-corrected chi connectivity index (χ3v) is 2.18. The summed E-state index contributed by atoms with van der Waals surface area (Å²) in [6.07, 6.45) is 6.52. The highest BCUT2D eigenvalue weighted by molar-refractivity contribution is 5.57. The number of aromatic nitrogens is 5. The van der Waals surface area contributed by atoms with E-state index >= 15 is 0 Å². The second-order valence-electron chi connectivity index (χ2n) is 3.30. The molecule has 6 heteroatoms. The number of rotatable bonds is 2. The standard InChI is InChI=1S/C11H7N5O/c1-2-9(6-12-4-1)11-15-10(16-17-11)8-3-5-13-14-7-8/h1-7H. The van der Waals surface area contributed by atoms with Crippen LogP contribution in [0.3, 0.4) is 0 Å². The Balaban J connectivity index is 1.99. The summed E-state index contributed by atoms with van der Waals surface area (Å²) in [7, 11) is 0. The molecule has 3 aromatic rings. The van der Waals surface area contributed by atoms with E-state index in [0.717, 1.165) is 11.1 Å². The largest absolute Gasteiger partial charge is 0.334 e. The zero-order valence-corrected chi connectivity index (χ0v) is 8.69. The molecular formula is C11H7N5O. The van der Waals surface area contributed by atoms with Crippen LogP contribution in [0.25, 0.3) is 22.8 Å². The maximum absolute atomic E-state index is 5.16. The topological polar surface area (TPSA) is 77.6 Å². The fraction of sp³-hybridized carbons (Fsp3) is 0. The molecule has 0 saturated heterocycles. The Morgan fingerprint density at radius 1 is 0.941 bits per heavy atom. The van der Waals surface area contributed by atoms with E-state index in [4.69, 9.17) is 4.52 Å². The molecule has 0 spiro atoms. The van der Waals surface area contributed by atoms with E-state index in [1.807, 2.05) is 12.1 Å². The molecule has 17 heavy (non-hydrogen) atoms. The smallest absolute Gasteiger partial charge is 0.259 e. The van der Waals surface area contributed by atoms with Gasteiger partial charge >= 0.3 is 0 Å². The van der Waals surface area contributed by atoms with Gasteiger partial charge in [-0.05, 0) is 18.2 Å². The molecule has 0 atom stereocenters. The SMILES string of the molecule is c1cncc(-c2nc(-c3ccnnc3)no2)c1. The molecular weight excluding hydrogens is 218 g/mol. The first-order valence-electron chi connectivity index (χ1n) is 4.95. The van der Waals surface area contributed by atoms with Gasteiger partial charge in [-0.1, -0.05) is 5.16 Å². The second-order valence-corrected chi connectivity index (χ2v) is 3.30. The molecule has 0 aliphatic carbocycles. The van der Waals surface area contributed by atoms with E-state index in [1.54, 1.807) is 30.9 Å². The first kappa shape index (κ1) is 9.59. The van der Waals surface area contributed by atoms with Gasteiger partial charge in [0.1, 0.15) is 0 Å². The first-order valence-corrected chi connectivity index (χ1v) is 4.95. The van der Waals surface area contributed by atoms with Gasteiger partial charge in [0.15, 0.2) is 0 Å². The summed E-state index contributed by atoms with van der Waals surface area (Å²) >= 11 is 0. The summed E-state index contributed by atoms with van der Waals surface area (Å²) in [6, 6.07) is 5.44. The molecule has 6 nitrogen and oxygen atoms in total. The number of hydrogen-bond donors (Lipinski definition) is 0. The molecule has 0 saturated carbocycles. The summed E-state index contributed by atoms with van der Waals surface area (Å²) in [5, 5.41) is 11.3. The van der Waals surface area contributed by atoms with Crippen LogP contribution in [-0.4, -0.2) is 25.3 Å². The van der Waals surface area contributed by atoms with Gasteiger partial charge in [0.2, 0.25) is 5.82 Å². The van der Waals surface area contributed by atoms with E-state index in [1.165, 1.54) is 0 Å². The minimum Gasteiger partial charge on any atom is -0.334 e. The number of pyridine rings is 1. The molecule has 0 amide bonds. The maximum atomic E-state index is 5.16. The van der Waals surface area contributed by atoms with E-state index in [0.29, 0.717) is 11.7 Å². The molecule has 3 heterocycles. The van der Waals surface area contributed by atoms with Crippen molar-refractivity contribution in [3.63, 3.8) is 0 Å². The lowest BCUT2D eigenvalue weighted by Crippen LogP contribution is -1.84. The average Bonchev–Trinajstić information content (AvgIpc) is 2.90. The normalized spacial score (nSPS) is 10.4. The van der Waals surface area contributed by atoms with Gasteiger partial charge in [-0.15, -0.1) is 0 Å². The van der Waals surface area contributed by atoms with Gasteiger partial charge in [0.25, 0.3) is 5.89 Å². The molecule has 0 aliphatic heterocycles. The molecule has 0 radical (unpaired) electrons. The summed E-state index contributed by atoms with van der Waals surface area (Å²) < 4.78 is 5.16. The zero-order chi connectivity index (χ0) is 11.5. The molecule has 0 aliphatic rings. The van der Waals surface area contributed by atoms with Crippen molar-refractivity contribution in [3.8, 4) is 22.8 Å². The molecule has 82 valence electrons. The van der Waals surface area contributed by atoms with Crippen LogP contribution >= 0.6 is 0 Å². The molecule has 0 aromatic carbocycles. The van der Waals surface area contributed by atoms with Gasteiger partial charge in [0.05, 0.1) is 18.0 Å². The van der Waals surface area contributed by atoms with Crippen molar-refractivity contribution in [3.05, 3.63) is 43.0 Å². The van der Waals surface area contributed by atoms with E-state index < -0.39 is 0 Å². The Labute approximate surface area is 96.4 Å². The summed E-state index contributed by atoms with van der Waals surface area (Å²) in [4.78, 5) is 8.26. The quantitative estimate of drug-likeness (QED) is 0.659. The van der Waals surface area contributed by atoms with Crippen LogP contribution in [-0.2, 0) is 0 Å². The number of nitrogens with zero attached hydrogens (tertiary/aromatic N) is 5. The monoisotopic (exact) mass is 225 g/mol. The lowest BCUT2D eigenvalue weighted by molar-refractivity contribution is 0.432. The van der Waals surface area contributed by atoms with Crippen LogP contribution in [0.2, 0.25) is 0 Å². The maximum Gasteiger partial charge on any atom is 0.259 e. The fourth-order valence-corrected chi connectivity index (χ4v) is 1.37. The van der Waals surface area contributed by atoms with Crippen LogP contribution in [0.15, 0.2) is 47.5 Å². The van der Waals surface area contributed by atoms with Crippen molar-refractivity contribution in [2.75, 3.05) is 0 Å². The lowest BCUT2D eigenvalue weighted by Gasteiger charge is -1.90. The third-order valence-electron chi connectivity index (χ3n) is 2.18. The minimum atomic E-state index is 0.435. The van der Waals surface area contributed by atoms with Gasteiger partial charge in [-0.2, -0.15) is 15.2 Å². The Morgan fingerprint density at radius 2 is 1.94 bits per heavy atom. The van der Waals surface area contributed by atoms with Gasteiger partial charge < -0.3 is 4.52 Å². The Bertz CT molecular complexity index is 554. The van der Waals surface area contributed by atoms with Crippen LogP contribution in [0.5, 0.6) is 0 Å². The second kappa shape index (κ2) is 4.09. The zero-order valence-electron chi connectivity index (χ0n) is 8.69. The molecule has 0 fully saturated rings. The van der Waals surface area contributed by atoms with Crippen LogP contribution in [0.4, 0.5) is 0 Å². The van der Waals surface area contributed by atoms with Crippen molar-refractivity contribution in [1.29, 1.82) is 0 Å². The molecule has 3 aromatic heterocycles. The molecule has 0 N–H and O–H groups in total. The van der Waals surface area contributed by atoms with Crippen molar-refractivity contribution in [2.45, 2.75) is 0 Å². The minimum absolute atomic E-state index is 0.435. The highest BCUT2D eigenvalue weighted by atomic mass is 16.5. The van der Waals surface area contributed by atoms with Crippen molar-refractivity contribution in [2.24, 2.45) is 0 Å². The highest BCUT2D eigenvalue weighted by Crippen LogP contribution is 2.20. The van der Waals surface area contributed by atoms with Crippen LogP contribution in [0.1, 0.15) is 0 Å². The fourth-order valence-electron chi connectivity index (χ4n) is 1.37.